The summed E-state index contributed by atoms with van der Waals surface area (Å²) in [5.41, 5.74) is 1.43. The zero-order chi connectivity index (χ0) is 10.7. The number of halogens is 1. The van der Waals surface area contributed by atoms with Crippen molar-refractivity contribution in [2.45, 2.75) is 31.7 Å². The van der Waals surface area contributed by atoms with Gasteiger partial charge in [-0.2, -0.15) is 0 Å². The Bertz CT molecular complexity index is 303. The maximum absolute atomic E-state index is 3.47. The normalized spacial score (nSPS) is 18.5. The Morgan fingerprint density at radius 2 is 2.00 bits per heavy atom. The third-order valence-corrected chi connectivity index (χ3v) is 3.99. The van der Waals surface area contributed by atoms with E-state index in [-0.39, 0.29) is 0 Å². The Balaban J connectivity index is 1.96. The number of benzene rings is 1. The van der Waals surface area contributed by atoms with E-state index in [9.17, 15) is 0 Å². The molecule has 0 amide bonds. The van der Waals surface area contributed by atoms with Crippen LogP contribution in [-0.4, -0.2) is 13.1 Å². The molecule has 1 aliphatic rings. The highest BCUT2D eigenvalue weighted by Crippen LogP contribution is 2.31. The van der Waals surface area contributed by atoms with E-state index >= 15 is 0 Å². The van der Waals surface area contributed by atoms with E-state index < -0.39 is 0 Å². The third kappa shape index (κ3) is 2.82. The molecule has 1 N–H and O–H groups in total. The minimum atomic E-state index is 0.667. The Morgan fingerprint density at radius 3 is 2.47 bits per heavy atom. The molecule has 2 rings (SSSR count). The van der Waals surface area contributed by atoms with E-state index in [0.717, 1.165) is 16.8 Å². The second-order valence-electron chi connectivity index (χ2n) is 4.42. The lowest BCUT2D eigenvalue weighted by molar-refractivity contribution is 0.236. The van der Waals surface area contributed by atoms with Crippen molar-refractivity contribution in [3.63, 3.8) is 0 Å². The summed E-state index contributed by atoms with van der Waals surface area (Å²) in [5, 5.41) is 3.46. The standard InChI is InChI=1S/C13H18BrN/c1-15-13(11-3-2-4-11)9-10-5-7-12(14)8-6-10/h5-8,11,13,15H,2-4,9H2,1H3. The number of rotatable bonds is 4. The van der Waals surface area contributed by atoms with E-state index in [4.69, 9.17) is 0 Å². The van der Waals surface area contributed by atoms with Crippen LogP contribution in [0.25, 0.3) is 0 Å². The molecule has 2 heteroatoms. The van der Waals surface area contributed by atoms with E-state index in [1.807, 2.05) is 0 Å². The minimum Gasteiger partial charge on any atom is -0.316 e. The minimum absolute atomic E-state index is 0.667. The molecule has 0 spiro atoms. The van der Waals surface area contributed by atoms with Gasteiger partial charge in [0.05, 0.1) is 0 Å². The SMILES string of the molecule is CNC(Cc1ccc(Br)cc1)C1CCC1. The van der Waals surface area contributed by atoms with Gasteiger partial charge in [-0.15, -0.1) is 0 Å². The lowest BCUT2D eigenvalue weighted by atomic mass is 9.78. The summed E-state index contributed by atoms with van der Waals surface area (Å²) < 4.78 is 1.16. The molecule has 0 saturated heterocycles. The Morgan fingerprint density at radius 1 is 1.33 bits per heavy atom. The first-order valence-corrected chi connectivity index (χ1v) is 6.50. The van der Waals surface area contributed by atoms with Crippen molar-refractivity contribution in [2.75, 3.05) is 7.05 Å². The van der Waals surface area contributed by atoms with E-state index in [1.54, 1.807) is 0 Å². The van der Waals surface area contributed by atoms with Gasteiger partial charge in [0.1, 0.15) is 0 Å². The fraction of sp³-hybridized carbons (Fsp3) is 0.538. The molecule has 0 aromatic heterocycles. The molecule has 0 bridgehead atoms. The summed E-state index contributed by atoms with van der Waals surface area (Å²) >= 11 is 3.47. The molecule has 1 fully saturated rings. The molecule has 15 heavy (non-hydrogen) atoms. The zero-order valence-corrected chi connectivity index (χ0v) is 10.8. The maximum Gasteiger partial charge on any atom is 0.0175 e. The lowest BCUT2D eigenvalue weighted by Crippen LogP contribution is -2.38. The maximum atomic E-state index is 3.47. The molecule has 1 unspecified atom stereocenters. The van der Waals surface area contributed by atoms with Crippen molar-refractivity contribution in [2.24, 2.45) is 5.92 Å². The molecule has 0 heterocycles. The molecule has 1 aliphatic carbocycles. The van der Waals surface area contributed by atoms with Crippen LogP contribution in [0, 0.1) is 5.92 Å². The highest BCUT2D eigenvalue weighted by Gasteiger charge is 2.25. The molecule has 0 aliphatic heterocycles. The van der Waals surface area contributed by atoms with Crippen LogP contribution in [0.15, 0.2) is 28.7 Å². The number of hydrogen-bond donors (Lipinski definition) is 1. The van der Waals surface area contributed by atoms with Gasteiger partial charge >= 0.3 is 0 Å². The molecular formula is C13H18BrN. The van der Waals surface area contributed by atoms with Crippen LogP contribution in [-0.2, 0) is 6.42 Å². The van der Waals surface area contributed by atoms with Crippen LogP contribution in [0.3, 0.4) is 0 Å². The summed E-state index contributed by atoms with van der Waals surface area (Å²) in [6.07, 6.45) is 5.39. The molecule has 1 saturated carbocycles. The first-order chi connectivity index (χ1) is 7.29. The topological polar surface area (TPSA) is 12.0 Å². The fourth-order valence-corrected chi connectivity index (χ4v) is 2.49. The number of likely N-dealkylation sites (N-methyl/N-ethyl adjacent to an activating group) is 1. The van der Waals surface area contributed by atoms with Crippen LogP contribution in [0.2, 0.25) is 0 Å². The van der Waals surface area contributed by atoms with Gasteiger partial charge in [0.2, 0.25) is 0 Å². The largest absolute Gasteiger partial charge is 0.316 e. The highest BCUT2D eigenvalue weighted by atomic mass is 79.9. The Kier molecular flexibility index (Phi) is 3.81. The van der Waals surface area contributed by atoms with Crippen LogP contribution >= 0.6 is 15.9 Å². The Hall–Kier alpha value is -0.340. The second-order valence-corrected chi connectivity index (χ2v) is 5.33. The van der Waals surface area contributed by atoms with Gasteiger partial charge in [-0.1, -0.05) is 34.5 Å². The van der Waals surface area contributed by atoms with E-state index in [2.05, 4.69) is 52.6 Å². The smallest absolute Gasteiger partial charge is 0.0175 e. The van der Waals surface area contributed by atoms with Crippen LogP contribution in [0.1, 0.15) is 24.8 Å². The molecule has 0 radical (unpaired) electrons. The summed E-state index contributed by atoms with van der Waals surface area (Å²) in [6, 6.07) is 9.35. The average Bonchev–Trinajstić information content (AvgIpc) is 2.17. The van der Waals surface area contributed by atoms with Gasteiger partial charge in [0.15, 0.2) is 0 Å². The number of nitrogens with one attached hydrogen (secondary N) is 1. The summed E-state index contributed by atoms with van der Waals surface area (Å²) in [7, 11) is 2.09. The predicted molar refractivity (Wildman–Crippen MR) is 68.0 cm³/mol. The van der Waals surface area contributed by atoms with Crippen LogP contribution in [0.5, 0.6) is 0 Å². The molecule has 1 aromatic rings. The van der Waals surface area contributed by atoms with Gasteiger partial charge in [0.25, 0.3) is 0 Å². The zero-order valence-electron chi connectivity index (χ0n) is 9.17. The fourth-order valence-electron chi connectivity index (χ4n) is 2.22. The second kappa shape index (κ2) is 5.13. The van der Waals surface area contributed by atoms with E-state index in [0.29, 0.717) is 6.04 Å². The van der Waals surface area contributed by atoms with E-state index in [1.165, 1.54) is 24.8 Å². The number of hydrogen-bond acceptors (Lipinski definition) is 1. The van der Waals surface area contributed by atoms with Gasteiger partial charge in [-0.25, -0.2) is 0 Å². The molecule has 1 nitrogen and oxygen atoms in total. The first-order valence-electron chi connectivity index (χ1n) is 5.71. The molecule has 82 valence electrons. The van der Waals surface area contributed by atoms with Crippen LogP contribution in [0.4, 0.5) is 0 Å². The highest BCUT2D eigenvalue weighted by molar-refractivity contribution is 9.10. The summed E-state index contributed by atoms with van der Waals surface area (Å²) in [6.45, 7) is 0. The van der Waals surface area contributed by atoms with Crippen molar-refractivity contribution in [3.05, 3.63) is 34.3 Å². The molecule has 1 atom stereocenters. The average molecular weight is 268 g/mol. The summed E-state index contributed by atoms with van der Waals surface area (Å²) in [4.78, 5) is 0. The molecule has 1 aromatic carbocycles. The van der Waals surface area contributed by atoms with Crippen molar-refractivity contribution in [1.29, 1.82) is 0 Å². The quantitative estimate of drug-likeness (QED) is 0.882. The van der Waals surface area contributed by atoms with Gasteiger partial charge in [-0.3, -0.25) is 0 Å². The van der Waals surface area contributed by atoms with Gasteiger partial charge < -0.3 is 5.32 Å². The van der Waals surface area contributed by atoms with Gasteiger partial charge in [-0.05, 0) is 49.9 Å². The van der Waals surface area contributed by atoms with Crippen molar-refractivity contribution < 1.29 is 0 Å². The van der Waals surface area contributed by atoms with Crippen molar-refractivity contribution in [3.8, 4) is 0 Å². The van der Waals surface area contributed by atoms with Crippen molar-refractivity contribution in [1.82, 2.24) is 5.32 Å². The third-order valence-electron chi connectivity index (χ3n) is 3.46. The van der Waals surface area contributed by atoms with Crippen molar-refractivity contribution >= 4 is 15.9 Å². The summed E-state index contributed by atoms with van der Waals surface area (Å²) in [5.74, 6) is 0.902. The van der Waals surface area contributed by atoms with Gasteiger partial charge in [0, 0.05) is 10.5 Å². The monoisotopic (exact) mass is 267 g/mol. The molecular weight excluding hydrogens is 250 g/mol. The lowest BCUT2D eigenvalue weighted by Gasteiger charge is -2.33. The first kappa shape index (κ1) is 11.2. The Labute approximate surface area is 100 Å². The van der Waals surface area contributed by atoms with Crippen LogP contribution < -0.4 is 5.32 Å². The predicted octanol–water partition coefficient (Wildman–Crippen LogP) is 3.38.